The predicted molar refractivity (Wildman–Crippen MR) is 63.5 cm³/mol. The second-order valence-electron chi connectivity index (χ2n) is 4.49. The lowest BCUT2D eigenvalue weighted by Gasteiger charge is -2.29. The Balaban J connectivity index is 2.63. The maximum absolute atomic E-state index is 11.9. The van der Waals surface area contributed by atoms with Gasteiger partial charge in [0, 0.05) is 11.3 Å². The highest BCUT2D eigenvalue weighted by Crippen LogP contribution is 2.21. The molecule has 0 saturated carbocycles. The molecule has 1 aliphatic heterocycles. The van der Waals surface area contributed by atoms with Gasteiger partial charge in [0.15, 0.2) is 0 Å². The molecule has 6 heteroatoms. The molecule has 0 unspecified atom stereocenters. The number of hydrogen-bond donors (Lipinski definition) is 2. The first kappa shape index (κ1) is 13.2. The minimum Gasteiger partial charge on any atom is -0.480 e. The summed E-state index contributed by atoms with van der Waals surface area (Å²) in [5.41, 5.74) is -0.298. The molecule has 2 N–H and O–H groups in total. The van der Waals surface area contributed by atoms with Gasteiger partial charge in [-0.05, 0) is 20.3 Å². The van der Waals surface area contributed by atoms with E-state index in [4.69, 9.17) is 5.11 Å². The lowest BCUT2D eigenvalue weighted by atomic mass is 10.0. The molecule has 2 amide bonds. The van der Waals surface area contributed by atoms with E-state index in [9.17, 15) is 9.59 Å². The van der Waals surface area contributed by atoms with Crippen molar-refractivity contribution in [2.75, 3.05) is 11.6 Å². The number of rotatable bonds is 3. The van der Waals surface area contributed by atoms with Crippen LogP contribution < -0.4 is 5.32 Å². The first-order valence-corrected chi connectivity index (χ1v) is 6.42. The van der Waals surface area contributed by atoms with Crippen LogP contribution in [0.15, 0.2) is 0 Å². The highest BCUT2D eigenvalue weighted by molar-refractivity contribution is 7.99. The average Bonchev–Trinajstić information content (AvgIpc) is 2.65. The van der Waals surface area contributed by atoms with E-state index < -0.39 is 12.0 Å². The molecule has 1 atom stereocenters. The van der Waals surface area contributed by atoms with Gasteiger partial charge in [-0.15, -0.1) is 11.8 Å². The Kier molecular flexibility index (Phi) is 4.07. The summed E-state index contributed by atoms with van der Waals surface area (Å²) in [6.07, 6.45) is 0.803. The molecule has 1 rings (SSSR count). The van der Waals surface area contributed by atoms with Crippen LogP contribution in [0.25, 0.3) is 0 Å². The maximum atomic E-state index is 11.9. The van der Waals surface area contributed by atoms with Gasteiger partial charge in [-0.25, -0.2) is 9.59 Å². The lowest BCUT2D eigenvalue weighted by Crippen LogP contribution is -2.53. The zero-order valence-electron chi connectivity index (χ0n) is 9.82. The van der Waals surface area contributed by atoms with Crippen molar-refractivity contribution in [3.05, 3.63) is 0 Å². The van der Waals surface area contributed by atoms with Gasteiger partial charge in [0.25, 0.3) is 0 Å². The number of aliphatic carboxylic acids is 1. The van der Waals surface area contributed by atoms with Gasteiger partial charge in [0.05, 0.1) is 5.88 Å². The Labute approximate surface area is 99.6 Å². The summed E-state index contributed by atoms with van der Waals surface area (Å²) in [6, 6.07) is -0.984. The summed E-state index contributed by atoms with van der Waals surface area (Å²) in [6.45, 7) is 5.82. The van der Waals surface area contributed by atoms with Gasteiger partial charge < -0.3 is 15.3 Å². The van der Waals surface area contributed by atoms with E-state index >= 15 is 0 Å². The third kappa shape index (κ3) is 3.04. The minimum atomic E-state index is -0.936. The van der Waals surface area contributed by atoms with Crippen LogP contribution in [0.5, 0.6) is 0 Å². The normalized spacial score (nSPS) is 20.9. The van der Waals surface area contributed by atoms with Crippen molar-refractivity contribution in [2.45, 2.75) is 38.8 Å². The van der Waals surface area contributed by atoms with Crippen LogP contribution >= 0.6 is 11.8 Å². The van der Waals surface area contributed by atoms with Crippen molar-refractivity contribution < 1.29 is 14.7 Å². The minimum absolute atomic E-state index is 0.288. The molecular formula is C10H18N2O3S. The molecule has 92 valence electrons. The molecule has 0 aromatic rings. The average molecular weight is 246 g/mol. The van der Waals surface area contributed by atoms with Crippen LogP contribution in [-0.4, -0.2) is 45.2 Å². The summed E-state index contributed by atoms with van der Waals surface area (Å²) in [4.78, 5) is 24.2. The fourth-order valence-corrected chi connectivity index (χ4v) is 2.44. The fourth-order valence-electron chi connectivity index (χ4n) is 1.30. The number of nitrogens with one attached hydrogen (secondary N) is 1. The number of urea groups is 1. The number of carboxylic acids is 1. The molecule has 0 bridgehead atoms. The number of hydrogen-bond acceptors (Lipinski definition) is 3. The van der Waals surface area contributed by atoms with Crippen LogP contribution in [0.4, 0.5) is 4.79 Å². The molecule has 16 heavy (non-hydrogen) atoms. The second-order valence-corrected chi connectivity index (χ2v) is 5.49. The fraction of sp³-hybridized carbons (Fsp3) is 0.800. The van der Waals surface area contributed by atoms with E-state index in [1.165, 1.54) is 16.7 Å². The third-order valence-electron chi connectivity index (χ3n) is 2.76. The molecule has 0 aromatic heterocycles. The Morgan fingerprint density at radius 1 is 1.56 bits per heavy atom. The number of nitrogens with zero attached hydrogens (tertiary/aromatic N) is 1. The van der Waals surface area contributed by atoms with Crippen molar-refractivity contribution in [1.29, 1.82) is 0 Å². The standard InChI is InChI=1S/C10H18N2O3S/c1-4-10(2,3)11-9(15)12-6-16-5-7(12)8(13)14/h7H,4-6H2,1-3H3,(H,11,15)(H,13,14)/t7-/m0/s1. The molecule has 1 heterocycles. The zero-order chi connectivity index (χ0) is 12.3. The van der Waals surface area contributed by atoms with Gasteiger partial charge in [-0.1, -0.05) is 6.92 Å². The number of thioether (sulfide) groups is 1. The molecule has 0 aliphatic carbocycles. The van der Waals surface area contributed by atoms with Crippen LogP contribution in [-0.2, 0) is 4.79 Å². The molecule has 1 saturated heterocycles. The van der Waals surface area contributed by atoms with Crippen LogP contribution in [0, 0.1) is 0 Å². The molecule has 0 aromatic carbocycles. The quantitative estimate of drug-likeness (QED) is 0.788. The monoisotopic (exact) mass is 246 g/mol. The van der Waals surface area contributed by atoms with Crippen LogP contribution in [0.1, 0.15) is 27.2 Å². The lowest BCUT2D eigenvalue weighted by molar-refractivity contribution is -0.140. The van der Waals surface area contributed by atoms with E-state index in [-0.39, 0.29) is 11.6 Å². The Morgan fingerprint density at radius 2 is 2.19 bits per heavy atom. The topological polar surface area (TPSA) is 69.6 Å². The predicted octanol–water partition coefficient (Wildman–Crippen LogP) is 1.34. The summed E-state index contributed by atoms with van der Waals surface area (Å²) >= 11 is 1.46. The van der Waals surface area contributed by atoms with Gasteiger partial charge in [0.2, 0.25) is 0 Å². The molecular weight excluding hydrogens is 228 g/mol. The van der Waals surface area contributed by atoms with Gasteiger partial charge in [-0.2, -0.15) is 0 Å². The van der Waals surface area contributed by atoms with Crippen molar-refractivity contribution in [1.82, 2.24) is 10.2 Å². The van der Waals surface area contributed by atoms with E-state index in [1.54, 1.807) is 0 Å². The SMILES string of the molecule is CCC(C)(C)NC(=O)N1CSC[C@H]1C(=O)O. The maximum Gasteiger partial charge on any atom is 0.327 e. The van der Waals surface area contributed by atoms with E-state index in [2.05, 4.69) is 5.32 Å². The molecule has 0 spiro atoms. The van der Waals surface area contributed by atoms with E-state index in [0.29, 0.717) is 11.6 Å². The van der Waals surface area contributed by atoms with Crippen molar-refractivity contribution in [3.8, 4) is 0 Å². The Hall–Kier alpha value is -0.910. The summed E-state index contributed by atoms with van der Waals surface area (Å²) in [5.74, 6) is -0.0211. The third-order valence-corrected chi connectivity index (χ3v) is 3.77. The number of amides is 2. The van der Waals surface area contributed by atoms with Crippen molar-refractivity contribution in [3.63, 3.8) is 0 Å². The molecule has 0 radical (unpaired) electrons. The second kappa shape index (κ2) is 4.95. The summed E-state index contributed by atoms with van der Waals surface area (Å²) in [7, 11) is 0. The summed E-state index contributed by atoms with van der Waals surface area (Å²) < 4.78 is 0. The van der Waals surface area contributed by atoms with E-state index in [1.807, 2.05) is 20.8 Å². The van der Waals surface area contributed by atoms with Crippen molar-refractivity contribution >= 4 is 23.8 Å². The van der Waals surface area contributed by atoms with Crippen molar-refractivity contribution in [2.24, 2.45) is 0 Å². The van der Waals surface area contributed by atoms with Gasteiger partial charge in [-0.3, -0.25) is 0 Å². The molecule has 1 fully saturated rings. The number of carboxylic acid groups (broad SMARTS) is 1. The van der Waals surface area contributed by atoms with Gasteiger partial charge >= 0.3 is 12.0 Å². The highest BCUT2D eigenvalue weighted by Gasteiger charge is 2.35. The number of carbonyl (C=O) groups excluding carboxylic acids is 1. The first-order chi connectivity index (χ1) is 7.37. The van der Waals surface area contributed by atoms with Gasteiger partial charge in [0.1, 0.15) is 6.04 Å². The highest BCUT2D eigenvalue weighted by atomic mass is 32.2. The number of carbonyl (C=O) groups is 2. The van der Waals surface area contributed by atoms with E-state index in [0.717, 1.165) is 6.42 Å². The largest absolute Gasteiger partial charge is 0.480 e. The van der Waals surface area contributed by atoms with Crippen LogP contribution in [0.2, 0.25) is 0 Å². The Bertz CT molecular complexity index is 294. The summed E-state index contributed by atoms with van der Waals surface area (Å²) in [5, 5.41) is 11.8. The first-order valence-electron chi connectivity index (χ1n) is 5.26. The molecule has 1 aliphatic rings. The molecule has 5 nitrogen and oxygen atoms in total. The zero-order valence-corrected chi connectivity index (χ0v) is 10.6. The smallest absolute Gasteiger partial charge is 0.327 e. The van der Waals surface area contributed by atoms with Crippen LogP contribution in [0.3, 0.4) is 0 Å². The Morgan fingerprint density at radius 3 is 2.69 bits per heavy atom.